The fourth-order valence-corrected chi connectivity index (χ4v) is 2.04. The summed E-state index contributed by atoms with van der Waals surface area (Å²) in [6.45, 7) is 1.85. The van der Waals surface area contributed by atoms with E-state index in [-0.39, 0.29) is 13.2 Å². The van der Waals surface area contributed by atoms with Gasteiger partial charge in [-0.2, -0.15) is 13.1 Å². The normalized spacial score (nSPS) is 11.0. The minimum absolute atomic E-state index is 0.104. The lowest BCUT2D eigenvalue weighted by Crippen LogP contribution is -2.41. The molecule has 1 amide bonds. The van der Waals surface area contributed by atoms with Crippen LogP contribution in [0.1, 0.15) is 12.5 Å². The van der Waals surface area contributed by atoms with E-state index < -0.39 is 16.3 Å². The molecule has 0 atom stereocenters. The highest BCUT2D eigenvalue weighted by Gasteiger charge is 2.13. The molecule has 1 aromatic carbocycles. The smallest absolute Gasteiger partial charge is 0.421 e. The van der Waals surface area contributed by atoms with Gasteiger partial charge in [0.05, 0.1) is 6.61 Å². The monoisotopic (exact) mass is 287 g/mol. The van der Waals surface area contributed by atoms with Crippen molar-refractivity contribution in [3.63, 3.8) is 0 Å². The van der Waals surface area contributed by atoms with Crippen LogP contribution in [-0.2, 0) is 21.4 Å². The van der Waals surface area contributed by atoms with Crippen molar-refractivity contribution in [3.05, 3.63) is 29.8 Å². The second-order valence-corrected chi connectivity index (χ2v) is 5.21. The van der Waals surface area contributed by atoms with Crippen LogP contribution in [0.25, 0.3) is 0 Å². The highest BCUT2D eigenvalue weighted by atomic mass is 32.2. The van der Waals surface area contributed by atoms with Crippen molar-refractivity contribution < 1.29 is 17.9 Å². The molecule has 0 radical (unpaired) electrons. The third-order valence-corrected chi connectivity index (χ3v) is 3.20. The molecule has 0 aliphatic heterocycles. The van der Waals surface area contributed by atoms with E-state index >= 15 is 0 Å². The van der Waals surface area contributed by atoms with Gasteiger partial charge < -0.3 is 10.5 Å². The lowest BCUT2D eigenvalue weighted by molar-refractivity contribution is 0.158. The maximum atomic E-state index is 11.4. The van der Waals surface area contributed by atoms with Gasteiger partial charge in [-0.15, -0.1) is 0 Å². The van der Waals surface area contributed by atoms with Crippen LogP contribution in [0.5, 0.6) is 0 Å². The molecule has 1 aromatic rings. The van der Waals surface area contributed by atoms with Crippen molar-refractivity contribution in [2.45, 2.75) is 13.3 Å². The molecule has 0 fully saturated rings. The molecular formula is C11H17N3O4S. The second kappa shape index (κ2) is 6.95. The molecule has 7 nitrogen and oxygen atoms in total. The number of hydrogen-bond donors (Lipinski definition) is 3. The molecule has 8 heteroatoms. The van der Waals surface area contributed by atoms with E-state index in [1.54, 1.807) is 23.8 Å². The lowest BCUT2D eigenvalue weighted by atomic mass is 10.1. The van der Waals surface area contributed by atoms with E-state index in [0.717, 1.165) is 5.56 Å². The van der Waals surface area contributed by atoms with Gasteiger partial charge >= 0.3 is 16.3 Å². The molecule has 0 saturated carbocycles. The van der Waals surface area contributed by atoms with E-state index in [1.807, 2.05) is 12.1 Å². The first-order chi connectivity index (χ1) is 8.93. The number of benzene rings is 1. The van der Waals surface area contributed by atoms with Gasteiger partial charge in [-0.25, -0.2) is 9.52 Å². The Bertz CT molecular complexity index is 513. The molecule has 0 bridgehead atoms. The first-order valence-electron chi connectivity index (χ1n) is 5.71. The van der Waals surface area contributed by atoms with Gasteiger partial charge in [-0.05, 0) is 31.0 Å². The Hall–Kier alpha value is -1.80. The zero-order chi connectivity index (χ0) is 14.3. The molecule has 4 N–H and O–H groups in total. The van der Waals surface area contributed by atoms with Crippen molar-refractivity contribution in [1.82, 2.24) is 9.44 Å². The Morgan fingerprint density at radius 1 is 1.32 bits per heavy atom. The summed E-state index contributed by atoms with van der Waals surface area (Å²) in [5.74, 6) is 0. The predicted molar refractivity (Wildman–Crippen MR) is 71.6 cm³/mol. The predicted octanol–water partition coefficient (Wildman–Crippen LogP) is 0.392. The molecule has 0 unspecified atom stereocenters. The number of nitrogens with one attached hydrogen (secondary N) is 2. The number of nitrogens with two attached hydrogens (primary N) is 1. The molecule has 0 heterocycles. The van der Waals surface area contributed by atoms with Crippen LogP contribution in [-0.4, -0.2) is 27.7 Å². The number of nitrogen functional groups attached to an aromatic ring is 1. The minimum Gasteiger partial charge on any atom is -0.449 e. The summed E-state index contributed by atoms with van der Waals surface area (Å²) >= 11 is 0. The van der Waals surface area contributed by atoms with Gasteiger partial charge in [0.15, 0.2) is 0 Å². The maximum Gasteiger partial charge on any atom is 0.421 e. The number of anilines is 1. The Labute approximate surface area is 112 Å². The van der Waals surface area contributed by atoms with Crippen LogP contribution < -0.4 is 15.2 Å². The summed E-state index contributed by atoms with van der Waals surface area (Å²) < 4.78 is 31.3. The molecule has 0 saturated heterocycles. The van der Waals surface area contributed by atoms with E-state index in [0.29, 0.717) is 12.1 Å². The van der Waals surface area contributed by atoms with Gasteiger partial charge in [0.1, 0.15) is 0 Å². The van der Waals surface area contributed by atoms with Gasteiger partial charge in [0, 0.05) is 12.2 Å². The maximum absolute atomic E-state index is 11.4. The molecule has 0 spiro atoms. The van der Waals surface area contributed by atoms with Crippen molar-refractivity contribution in [2.75, 3.05) is 18.9 Å². The third-order valence-electron chi connectivity index (χ3n) is 2.18. The van der Waals surface area contributed by atoms with Crippen molar-refractivity contribution >= 4 is 22.0 Å². The molecule has 0 aliphatic carbocycles. The van der Waals surface area contributed by atoms with E-state index in [2.05, 4.69) is 9.46 Å². The Kier molecular flexibility index (Phi) is 5.58. The average molecular weight is 287 g/mol. The quantitative estimate of drug-likeness (QED) is 0.656. The second-order valence-electron chi connectivity index (χ2n) is 3.71. The first-order valence-corrected chi connectivity index (χ1v) is 7.20. The van der Waals surface area contributed by atoms with Crippen LogP contribution in [0, 0.1) is 0 Å². The highest BCUT2D eigenvalue weighted by Crippen LogP contribution is 2.05. The molecule has 106 valence electrons. The number of carbonyl (C=O) groups is 1. The SMILES string of the molecule is CCOC(=O)NS(=O)(=O)NCCc1ccc(N)cc1. The number of carbonyl (C=O) groups excluding carboxylic acids is 1. The number of amides is 1. The van der Waals surface area contributed by atoms with Crippen LogP contribution in [0.4, 0.5) is 10.5 Å². The molecular weight excluding hydrogens is 270 g/mol. The molecule has 19 heavy (non-hydrogen) atoms. The summed E-state index contributed by atoms with van der Waals surface area (Å²) in [6, 6.07) is 7.09. The van der Waals surface area contributed by atoms with Crippen LogP contribution >= 0.6 is 0 Å². The first kappa shape index (κ1) is 15.3. The van der Waals surface area contributed by atoms with Gasteiger partial charge in [0.25, 0.3) is 0 Å². The van der Waals surface area contributed by atoms with Gasteiger partial charge in [-0.3, -0.25) is 0 Å². The Morgan fingerprint density at radius 3 is 2.53 bits per heavy atom. The minimum atomic E-state index is -3.88. The summed E-state index contributed by atoms with van der Waals surface area (Å²) in [4.78, 5) is 11.0. The van der Waals surface area contributed by atoms with E-state index in [1.165, 1.54) is 0 Å². The van der Waals surface area contributed by atoms with E-state index in [4.69, 9.17) is 5.73 Å². The topological polar surface area (TPSA) is 111 Å². The lowest BCUT2D eigenvalue weighted by Gasteiger charge is -2.08. The standard InChI is InChI=1S/C11H17N3O4S/c1-2-18-11(15)14-19(16,17)13-8-7-9-3-5-10(12)6-4-9/h3-6,13H,2,7-8,12H2,1H3,(H,14,15). The fraction of sp³-hybridized carbons (Fsp3) is 0.364. The number of hydrogen-bond acceptors (Lipinski definition) is 5. The fourth-order valence-electron chi connectivity index (χ4n) is 1.32. The van der Waals surface area contributed by atoms with E-state index in [9.17, 15) is 13.2 Å². The Morgan fingerprint density at radius 2 is 1.95 bits per heavy atom. The zero-order valence-electron chi connectivity index (χ0n) is 10.5. The molecule has 0 aromatic heterocycles. The highest BCUT2D eigenvalue weighted by molar-refractivity contribution is 7.88. The molecule has 1 rings (SSSR count). The summed E-state index contributed by atoms with van der Waals surface area (Å²) in [7, 11) is -3.88. The average Bonchev–Trinajstić information content (AvgIpc) is 2.31. The van der Waals surface area contributed by atoms with Crippen LogP contribution in [0.3, 0.4) is 0 Å². The largest absolute Gasteiger partial charge is 0.449 e. The molecule has 0 aliphatic rings. The van der Waals surface area contributed by atoms with Gasteiger partial charge in [-0.1, -0.05) is 12.1 Å². The number of rotatable bonds is 6. The van der Waals surface area contributed by atoms with Crippen molar-refractivity contribution in [1.29, 1.82) is 0 Å². The zero-order valence-corrected chi connectivity index (χ0v) is 11.4. The van der Waals surface area contributed by atoms with Crippen LogP contribution in [0.2, 0.25) is 0 Å². The summed E-state index contributed by atoms with van der Waals surface area (Å²) in [6.07, 6.45) is -0.508. The van der Waals surface area contributed by atoms with Crippen molar-refractivity contribution in [3.8, 4) is 0 Å². The summed E-state index contributed by atoms with van der Waals surface area (Å²) in [5.41, 5.74) is 7.12. The summed E-state index contributed by atoms with van der Waals surface area (Å²) in [5, 5.41) is 0. The van der Waals surface area contributed by atoms with Gasteiger partial charge in [0.2, 0.25) is 0 Å². The van der Waals surface area contributed by atoms with Crippen LogP contribution in [0.15, 0.2) is 24.3 Å². The third kappa shape index (κ3) is 6.07. The number of ether oxygens (including phenoxy) is 1. The van der Waals surface area contributed by atoms with Crippen molar-refractivity contribution in [2.24, 2.45) is 0 Å². The Balaban J connectivity index is 2.39.